The van der Waals surface area contributed by atoms with Gasteiger partial charge in [0.1, 0.15) is 16.7 Å². The number of rotatable bonds is 2. The Kier molecular flexibility index (Phi) is 3.38. The molecular formula is C10H13BrN4O. The van der Waals surface area contributed by atoms with Crippen molar-refractivity contribution in [2.24, 2.45) is 11.7 Å². The number of nitrogens with zero attached hydrogens (tertiary/aromatic N) is 3. The maximum absolute atomic E-state index is 11.0. The van der Waals surface area contributed by atoms with Crippen molar-refractivity contribution in [3.05, 3.63) is 17.0 Å². The second kappa shape index (κ2) is 4.78. The highest BCUT2D eigenvalue weighted by Crippen LogP contribution is 2.22. The summed E-state index contributed by atoms with van der Waals surface area (Å²) in [4.78, 5) is 21.4. The number of nitrogens with two attached hydrogens (primary N) is 1. The molecule has 0 atom stereocenters. The van der Waals surface area contributed by atoms with Crippen LogP contribution in [0.1, 0.15) is 12.8 Å². The third-order valence-corrected chi connectivity index (χ3v) is 3.27. The van der Waals surface area contributed by atoms with Crippen LogP contribution < -0.4 is 10.6 Å². The third kappa shape index (κ3) is 2.49. The maximum Gasteiger partial charge on any atom is 0.220 e. The molecule has 0 saturated carbocycles. The predicted molar refractivity (Wildman–Crippen MR) is 63.9 cm³/mol. The van der Waals surface area contributed by atoms with Gasteiger partial charge >= 0.3 is 0 Å². The van der Waals surface area contributed by atoms with Gasteiger partial charge in [0.2, 0.25) is 5.91 Å². The van der Waals surface area contributed by atoms with E-state index in [2.05, 4.69) is 30.8 Å². The number of hydrogen-bond acceptors (Lipinski definition) is 4. The number of anilines is 1. The lowest BCUT2D eigenvalue weighted by atomic mass is 9.96. The molecule has 0 bridgehead atoms. The van der Waals surface area contributed by atoms with Gasteiger partial charge in [0.05, 0.1) is 0 Å². The molecule has 1 saturated heterocycles. The summed E-state index contributed by atoms with van der Waals surface area (Å²) >= 11 is 3.31. The molecule has 16 heavy (non-hydrogen) atoms. The molecule has 1 aromatic heterocycles. The Morgan fingerprint density at radius 2 is 2.12 bits per heavy atom. The van der Waals surface area contributed by atoms with E-state index in [9.17, 15) is 4.79 Å². The van der Waals surface area contributed by atoms with Gasteiger partial charge in [-0.25, -0.2) is 9.97 Å². The molecule has 6 heteroatoms. The Morgan fingerprint density at radius 1 is 1.44 bits per heavy atom. The van der Waals surface area contributed by atoms with E-state index < -0.39 is 0 Å². The average molecular weight is 285 g/mol. The number of piperidine rings is 1. The van der Waals surface area contributed by atoms with Crippen LogP contribution in [0.4, 0.5) is 5.82 Å². The van der Waals surface area contributed by atoms with Gasteiger partial charge < -0.3 is 10.6 Å². The zero-order valence-electron chi connectivity index (χ0n) is 8.77. The second-order valence-electron chi connectivity index (χ2n) is 3.86. The third-order valence-electron chi connectivity index (χ3n) is 2.84. The van der Waals surface area contributed by atoms with Crippen molar-refractivity contribution < 1.29 is 4.79 Å². The Hall–Kier alpha value is -1.17. The smallest absolute Gasteiger partial charge is 0.220 e. The molecule has 1 aliphatic rings. The zero-order chi connectivity index (χ0) is 11.5. The largest absolute Gasteiger partial charge is 0.369 e. The molecule has 1 fully saturated rings. The first-order chi connectivity index (χ1) is 7.66. The molecule has 5 nitrogen and oxygen atoms in total. The van der Waals surface area contributed by atoms with E-state index in [1.165, 1.54) is 6.33 Å². The summed E-state index contributed by atoms with van der Waals surface area (Å²) in [7, 11) is 0. The van der Waals surface area contributed by atoms with Crippen LogP contribution in [0.25, 0.3) is 0 Å². The Bertz CT molecular complexity index is 390. The van der Waals surface area contributed by atoms with Gasteiger partial charge in [0.15, 0.2) is 0 Å². The minimum Gasteiger partial charge on any atom is -0.369 e. The minimum atomic E-state index is -0.191. The van der Waals surface area contributed by atoms with Crippen molar-refractivity contribution in [3.8, 4) is 0 Å². The van der Waals surface area contributed by atoms with Crippen molar-refractivity contribution in [2.75, 3.05) is 18.0 Å². The standard InChI is InChI=1S/C10H13BrN4O/c11-8-5-9(14-6-13-8)15-3-1-7(2-4-15)10(12)16/h5-7H,1-4H2,(H2,12,16). The molecule has 0 aliphatic carbocycles. The lowest BCUT2D eigenvalue weighted by Crippen LogP contribution is -2.38. The molecule has 0 spiro atoms. The number of aromatic nitrogens is 2. The number of hydrogen-bond donors (Lipinski definition) is 1. The van der Waals surface area contributed by atoms with Gasteiger partial charge in [-0.15, -0.1) is 0 Å². The van der Waals surface area contributed by atoms with Crippen molar-refractivity contribution in [1.82, 2.24) is 9.97 Å². The normalized spacial score (nSPS) is 17.4. The first-order valence-electron chi connectivity index (χ1n) is 5.18. The molecule has 0 radical (unpaired) electrons. The van der Waals surface area contributed by atoms with Crippen LogP contribution in [0.5, 0.6) is 0 Å². The number of halogens is 1. The summed E-state index contributed by atoms with van der Waals surface area (Å²) in [5.41, 5.74) is 5.28. The molecule has 2 rings (SSSR count). The van der Waals surface area contributed by atoms with Gasteiger partial charge in [0.25, 0.3) is 0 Å². The van der Waals surface area contributed by atoms with Crippen LogP contribution in [0.3, 0.4) is 0 Å². The van der Waals surface area contributed by atoms with Gasteiger partial charge in [-0.2, -0.15) is 0 Å². The summed E-state index contributed by atoms with van der Waals surface area (Å²) < 4.78 is 0.773. The second-order valence-corrected chi connectivity index (χ2v) is 4.68. The van der Waals surface area contributed by atoms with E-state index >= 15 is 0 Å². The highest BCUT2D eigenvalue weighted by atomic mass is 79.9. The Balaban J connectivity index is 2.01. The lowest BCUT2D eigenvalue weighted by Gasteiger charge is -2.31. The van der Waals surface area contributed by atoms with Crippen molar-refractivity contribution in [3.63, 3.8) is 0 Å². The first kappa shape index (κ1) is 11.3. The zero-order valence-corrected chi connectivity index (χ0v) is 10.4. The fourth-order valence-corrected chi connectivity index (χ4v) is 2.19. The highest BCUT2D eigenvalue weighted by Gasteiger charge is 2.23. The molecule has 2 N–H and O–H groups in total. The van der Waals surface area contributed by atoms with Gasteiger partial charge in [-0.3, -0.25) is 4.79 Å². The Labute approximate surface area is 102 Å². The molecule has 86 valence electrons. The summed E-state index contributed by atoms with van der Waals surface area (Å²) in [5.74, 6) is 0.717. The maximum atomic E-state index is 11.0. The Morgan fingerprint density at radius 3 is 2.69 bits per heavy atom. The molecule has 2 heterocycles. The number of primary amides is 1. The van der Waals surface area contributed by atoms with Crippen LogP contribution in [0.15, 0.2) is 17.0 Å². The fraction of sp³-hybridized carbons (Fsp3) is 0.500. The van der Waals surface area contributed by atoms with Crippen LogP contribution in [0, 0.1) is 5.92 Å². The molecule has 1 amide bonds. The van der Waals surface area contributed by atoms with Crippen LogP contribution in [-0.2, 0) is 4.79 Å². The summed E-state index contributed by atoms with van der Waals surface area (Å²) in [5, 5.41) is 0. The SMILES string of the molecule is NC(=O)C1CCN(c2cc(Br)ncn2)CC1. The van der Waals surface area contributed by atoms with Crippen LogP contribution in [-0.4, -0.2) is 29.0 Å². The molecule has 0 unspecified atom stereocenters. The number of amides is 1. The van der Waals surface area contributed by atoms with Crippen LogP contribution >= 0.6 is 15.9 Å². The quantitative estimate of drug-likeness (QED) is 0.821. The van der Waals surface area contributed by atoms with E-state index in [1.807, 2.05) is 6.07 Å². The highest BCUT2D eigenvalue weighted by molar-refractivity contribution is 9.10. The van der Waals surface area contributed by atoms with Crippen LogP contribution in [0.2, 0.25) is 0 Å². The van der Waals surface area contributed by atoms with E-state index in [1.54, 1.807) is 0 Å². The van der Waals surface area contributed by atoms with E-state index in [-0.39, 0.29) is 11.8 Å². The predicted octanol–water partition coefficient (Wildman–Crippen LogP) is 0.941. The average Bonchev–Trinajstić information content (AvgIpc) is 2.29. The van der Waals surface area contributed by atoms with Gasteiger partial charge in [0, 0.05) is 25.1 Å². The van der Waals surface area contributed by atoms with Crippen molar-refractivity contribution in [2.45, 2.75) is 12.8 Å². The number of carbonyl (C=O) groups is 1. The summed E-state index contributed by atoms with van der Waals surface area (Å²) in [6.07, 6.45) is 3.13. The lowest BCUT2D eigenvalue weighted by molar-refractivity contribution is -0.122. The molecule has 1 aliphatic heterocycles. The fourth-order valence-electron chi connectivity index (χ4n) is 1.89. The van der Waals surface area contributed by atoms with Crippen molar-refractivity contribution in [1.29, 1.82) is 0 Å². The van der Waals surface area contributed by atoms with Crippen molar-refractivity contribution >= 4 is 27.7 Å². The molecule has 0 aromatic carbocycles. The van der Waals surface area contributed by atoms with Gasteiger partial charge in [-0.05, 0) is 28.8 Å². The first-order valence-corrected chi connectivity index (χ1v) is 5.98. The summed E-state index contributed by atoms with van der Waals surface area (Å²) in [6.45, 7) is 1.63. The monoisotopic (exact) mass is 284 g/mol. The molecule has 1 aromatic rings. The van der Waals surface area contributed by atoms with Gasteiger partial charge in [-0.1, -0.05) is 0 Å². The number of carbonyl (C=O) groups excluding carboxylic acids is 1. The molecular weight excluding hydrogens is 272 g/mol. The van der Waals surface area contributed by atoms with E-state index in [4.69, 9.17) is 5.73 Å². The minimum absolute atomic E-state index is 0.0153. The topological polar surface area (TPSA) is 72.1 Å². The van der Waals surface area contributed by atoms with E-state index in [0.717, 1.165) is 36.4 Å². The van der Waals surface area contributed by atoms with E-state index in [0.29, 0.717) is 0 Å². The summed E-state index contributed by atoms with van der Waals surface area (Å²) in [6, 6.07) is 1.88.